The van der Waals surface area contributed by atoms with Crippen LogP contribution in [0.5, 0.6) is 0 Å². The number of nitrogens with one attached hydrogen (secondary N) is 2. The maximum atomic E-state index is 11.1. The third kappa shape index (κ3) is 2.22. The van der Waals surface area contributed by atoms with Crippen LogP contribution < -0.4 is 10.6 Å². The van der Waals surface area contributed by atoms with E-state index in [2.05, 4.69) is 10.6 Å². The lowest BCUT2D eigenvalue weighted by molar-refractivity contribution is -0.122. The minimum atomic E-state index is -0.366. The molecular formula is C7H11N2O2. The molecule has 0 aromatic carbocycles. The van der Waals surface area contributed by atoms with E-state index in [-0.39, 0.29) is 11.9 Å². The molecule has 0 aromatic heterocycles. The summed E-state index contributed by atoms with van der Waals surface area (Å²) in [7, 11) is 0. The normalized spacial score (nSPS) is 25.1. The van der Waals surface area contributed by atoms with E-state index in [1.54, 1.807) is 0 Å². The van der Waals surface area contributed by atoms with Crippen LogP contribution >= 0.6 is 0 Å². The molecule has 2 N–H and O–H groups in total. The van der Waals surface area contributed by atoms with E-state index < -0.39 is 0 Å². The van der Waals surface area contributed by atoms with E-state index in [4.69, 9.17) is 0 Å². The van der Waals surface area contributed by atoms with Crippen molar-refractivity contribution in [3.8, 4) is 0 Å². The van der Waals surface area contributed by atoms with Crippen molar-refractivity contribution in [1.29, 1.82) is 0 Å². The molecule has 0 bridgehead atoms. The van der Waals surface area contributed by atoms with Gasteiger partial charge in [0.15, 0.2) is 0 Å². The molecule has 11 heavy (non-hydrogen) atoms. The smallest absolute Gasteiger partial charge is 0.309 e. The van der Waals surface area contributed by atoms with E-state index >= 15 is 0 Å². The van der Waals surface area contributed by atoms with Crippen molar-refractivity contribution in [2.45, 2.75) is 25.3 Å². The predicted molar refractivity (Wildman–Crippen MR) is 39.5 cm³/mol. The van der Waals surface area contributed by atoms with Crippen LogP contribution in [0.15, 0.2) is 0 Å². The summed E-state index contributed by atoms with van der Waals surface area (Å²) in [6.07, 6.45) is 4.22. The third-order valence-electron chi connectivity index (χ3n) is 1.77. The Hall–Kier alpha value is -1.06. The van der Waals surface area contributed by atoms with Gasteiger partial charge in [-0.2, -0.15) is 0 Å². The molecule has 1 rings (SSSR count). The molecule has 1 aliphatic rings. The second kappa shape index (κ2) is 3.95. The Labute approximate surface area is 65.3 Å². The van der Waals surface area contributed by atoms with Gasteiger partial charge >= 0.3 is 6.41 Å². The highest BCUT2D eigenvalue weighted by Crippen LogP contribution is 2.03. The number of amides is 2. The zero-order valence-electron chi connectivity index (χ0n) is 6.22. The van der Waals surface area contributed by atoms with Gasteiger partial charge in [-0.15, -0.1) is 0 Å². The summed E-state index contributed by atoms with van der Waals surface area (Å²) in [4.78, 5) is 21.0. The second-order valence-electron chi connectivity index (χ2n) is 2.59. The van der Waals surface area contributed by atoms with Crippen molar-refractivity contribution in [2.24, 2.45) is 0 Å². The summed E-state index contributed by atoms with van der Waals surface area (Å²) >= 11 is 0. The fourth-order valence-corrected chi connectivity index (χ4v) is 1.15. The lowest BCUT2D eigenvalue weighted by Gasteiger charge is -2.09. The highest BCUT2D eigenvalue weighted by Gasteiger charge is 2.19. The quantitative estimate of drug-likeness (QED) is 0.519. The van der Waals surface area contributed by atoms with Gasteiger partial charge < -0.3 is 10.6 Å². The van der Waals surface area contributed by atoms with Crippen molar-refractivity contribution in [3.05, 3.63) is 0 Å². The molecule has 2 amide bonds. The molecule has 61 valence electrons. The highest BCUT2D eigenvalue weighted by atomic mass is 16.2. The Morgan fingerprint density at radius 3 is 3.09 bits per heavy atom. The number of carbonyl (C=O) groups is 1. The fraction of sp³-hybridized carbons (Fsp3) is 0.714. The lowest BCUT2D eigenvalue weighted by atomic mass is 10.1. The third-order valence-corrected chi connectivity index (χ3v) is 1.77. The molecule has 0 saturated carbocycles. The molecule has 0 aliphatic carbocycles. The lowest BCUT2D eigenvalue weighted by Crippen LogP contribution is -2.42. The monoisotopic (exact) mass is 155 g/mol. The van der Waals surface area contributed by atoms with E-state index in [0.29, 0.717) is 0 Å². The Kier molecular flexibility index (Phi) is 2.89. The average molecular weight is 155 g/mol. The predicted octanol–water partition coefficient (Wildman–Crippen LogP) is -0.688. The van der Waals surface area contributed by atoms with Crippen LogP contribution in [0.3, 0.4) is 0 Å². The second-order valence-corrected chi connectivity index (χ2v) is 2.59. The van der Waals surface area contributed by atoms with Crippen molar-refractivity contribution in [2.75, 3.05) is 6.54 Å². The number of hydrogen-bond acceptors (Lipinski definition) is 2. The van der Waals surface area contributed by atoms with Crippen LogP contribution in [0.2, 0.25) is 0 Å². The topological polar surface area (TPSA) is 58.2 Å². The molecule has 4 heteroatoms. The molecule has 1 radical (unpaired) electrons. The molecular weight excluding hydrogens is 144 g/mol. The first kappa shape index (κ1) is 8.04. The summed E-state index contributed by atoms with van der Waals surface area (Å²) in [5.41, 5.74) is 0. The van der Waals surface area contributed by atoms with E-state index in [1.165, 1.54) is 6.41 Å². The molecule has 0 spiro atoms. The van der Waals surface area contributed by atoms with Gasteiger partial charge in [0.25, 0.3) is 0 Å². The summed E-state index contributed by atoms with van der Waals surface area (Å²) in [6.45, 7) is 0.718. The maximum absolute atomic E-state index is 11.1. The van der Waals surface area contributed by atoms with Gasteiger partial charge in [-0.1, -0.05) is 0 Å². The number of hydrogen-bond donors (Lipinski definition) is 2. The van der Waals surface area contributed by atoms with Gasteiger partial charge in [-0.05, 0) is 19.3 Å². The minimum Gasteiger partial charge on any atom is -0.354 e. The molecule has 1 fully saturated rings. The van der Waals surface area contributed by atoms with E-state index in [9.17, 15) is 9.59 Å². The number of rotatable bonds is 2. The highest BCUT2D eigenvalue weighted by molar-refractivity contribution is 5.83. The van der Waals surface area contributed by atoms with Crippen molar-refractivity contribution < 1.29 is 9.59 Å². The van der Waals surface area contributed by atoms with Gasteiger partial charge in [0.2, 0.25) is 5.91 Å². The summed E-state index contributed by atoms with van der Waals surface area (Å²) in [5, 5.41) is 5.06. The van der Waals surface area contributed by atoms with Crippen LogP contribution in [0.4, 0.5) is 0 Å². The first-order valence-corrected chi connectivity index (χ1v) is 3.75. The van der Waals surface area contributed by atoms with E-state index in [0.717, 1.165) is 25.8 Å². The van der Waals surface area contributed by atoms with Crippen LogP contribution in [-0.4, -0.2) is 24.9 Å². The Balaban J connectivity index is 2.45. The van der Waals surface area contributed by atoms with Gasteiger partial charge in [-0.3, -0.25) is 9.59 Å². The van der Waals surface area contributed by atoms with Crippen molar-refractivity contribution in [1.82, 2.24) is 10.6 Å². The standard InChI is InChI=1S/C7H11N2O2/c10-5-9-6-3-1-2-4-8-7(6)11/h6H,1-4H2,(H,8,11)(H,9,10). The van der Waals surface area contributed by atoms with Gasteiger partial charge in [0, 0.05) is 6.54 Å². The largest absolute Gasteiger partial charge is 0.354 e. The van der Waals surface area contributed by atoms with Crippen molar-refractivity contribution in [3.63, 3.8) is 0 Å². The SMILES string of the molecule is O=[C]NC1CCCCNC1=O. The maximum Gasteiger partial charge on any atom is 0.309 e. The van der Waals surface area contributed by atoms with Crippen molar-refractivity contribution >= 4 is 12.3 Å². The first-order valence-electron chi connectivity index (χ1n) is 3.75. The molecule has 1 aliphatic heterocycles. The molecule has 1 saturated heterocycles. The van der Waals surface area contributed by atoms with Crippen LogP contribution in [0.1, 0.15) is 19.3 Å². The van der Waals surface area contributed by atoms with Crippen LogP contribution in [0, 0.1) is 0 Å². The Morgan fingerprint density at radius 1 is 1.55 bits per heavy atom. The average Bonchev–Trinajstić information content (AvgIpc) is 2.18. The van der Waals surface area contributed by atoms with Gasteiger partial charge in [0.05, 0.1) is 0 Å². The number of carbonyl (C=O) groups excluding carboxylic acids is 2. The molecule has 1 heterocycles. The Bertz CT molecular complexity index is 159. The zero-order chi connectivity index (χ0) is 8.10. The molecule has 4 nitrogen and oxygen atoms in total. The fourth-order valence-electron chi connectivity index (χ4n) is 1.15. The zero-order valence-corrected chi connectivity index (χ0v) is 6.22. The van der Waals surface area contributed by atoms with Crippen LogP contribution in [0.25, 0.3) is 0 Å². The Morgan fingerprint density at radius 2 is 2.36 bits per heavy atom. The molecule has 1 atom stereocenters. The van der Waals surface area contributed by atoms with Gasteiger partial charge in [0.1, 0.15) is 6.04 Å². The summed E-state index contributed by atoms with van der Waals surface area (Å²) in [6, 6.07) is -0.366. The molecule has 1 unspecified atom stereocenters. The minimum absolute atomic E-state index is 0.0918. The van der Waals surface area contributed by atoms with Crippen LogP contribution in [-0.2, 0) is 9.59 Å². The summed E-state index contributed by atoms with van der Waals surface area (Å²) in [5.74, 6) is -0.0918. The first-order chi connectivity index (χ1) is 5.34. The van der Waals surface area contributed by atoms with E-state index in [1.807, 2.05) is 0 Å². The summed E-state index contributed by atoms with van der Waals surface area (Å²) < 4.78 is 0. The molecule has 0 aromatic rings. The van der Waals surface area contributed by atoms with Gasteiger partial charge in [-0.25, -0.2) is 0 Å².